The number of carbonyl (C=O) groups excluding carboxylic acids is 1. The van der Waals surface area contributed by atoms with Crippen LogP contribution < -0.4 is 5.32 Å². The average molecular weight is 305 g/mol. The number of hydrogen-bond donors (Lipinski definition) is 1. The summed E-state index contributed by atoms with van der Waals surface area (Å²) < 4.78 is 27.2. The number of carbonyl (C=O) groups is 1. The number of ether oxygens (including phenoxy) is 1. The molecule has 1 N–H and O–H groups in total. The maximum Gasteiger partial charge on any atom is 0.307 e. The van der Waals surface area contributed by atoms with Gasteiger partial charge in [-0.3, -0.25) is 4.79 Å². The second-order valence-electron chi connectivity index (χ2n) is 4.51. The first kappa shape index (κ1) is 16.1. The minimum absolute atomic E-state index is 0.0377. The molecule has 1 aromatic rings. The van der Waals surface area contributed by atoms with Crippen molar-refractivity contribution in [2.75, 3.05) is 19.1 Å². The van der Waals surface area contributed by atoms with Crippen molar-refractivity contribution in [2.24, 2.45) is 0 Å². The largest absolute Gasteiger partial charge is 0.469 e. The van der Waals surface area contributed by atoms with E-state index in [2.05, 4.69) is 10.1 Å². The molecule has 1 heterocycles. The van der Waals surface area contributed by atoms with Gasteiger partial charge in [0.1, 0.15) is 9.84 Å². The Balaban J connectivity index is 2.72. The van der Waals surface area contributed by atoms with E-state index in [1.165, 1.54) is 24.7 Å². The molecule has 1 aromatic heterocycles. The van der Waals surface area contributed by atoms with Crippen molar-refractivity contribution in [1.82, 2.24) is 5.32 Å². The van der Waals surface area contributed by atoms with Crippen LogP contribution in [0.2, 0.25) is 0 Å². The molecule has 0 radical (unpaired) electrons. The highest BCUT2D eigenvalue weighted by Gasteiger charge is 2.21. The van der Waals surface area contributed by atoms with E-state index in [4.69, 9.17) is 0 Å². The Bertz CT molecular complexity index is 496. The number of nitrogens with one attached hydrogen (secondary N) is 1. The first-order chi connectivity index (χ1) is 8.81. The van der Waals surface area contributed by atoms with Crippen molar-refractivity contribution in [3.63, 3.8) is 0 Å². The predicted molar refractivity (Wildman–Crippen MR) is 76.0 cm³/mol. The van der Waals surface area contributed by atoms with Gasteiger partial charge in [-0.05, 0) is 18.4 Å². The molecule has 0 saturated heterocycles. The second kappa shape index (κ2) is 7.02. The van der Waals surface area contributed by atoms with E-state index in [-0.39, 0.29) is 30.2 Å². The van der Waals surface area contributed by atoms with Crippen LogP contribution in [0.15, 0.2) is 17.5 Å². The number of methoxy groups -OCH3 is 1. The quantitative estimate of drug-likeness (QED) is 0.770. The van der Waals surface area contributed by atoms with Crippen LogP contribution in [0.5, 0.6) is 0 Å². The zero-order valence-corrected chi connectivity index (χ0v) is 12.9. The van der Waals surface area contributed by atoms with E-state index >= 15 is 0 Å². The molecule has 0 fully saturated rings. The van der Waals surface area contributed by atoms with Crippen molar-refractivity contribution in [3.05, 3.63) is 22.4 Å². The predicted octanol–water partition coefficient (Wildman–Crippen LogP) is 1.38. The summed E-state index contributed by atoms with van der Waals surface area (Å²) in [4.78, 5) is 12.4. The zero-order chi connectivity index (χ0) is 14.5. The van der Waals surface area contributed by atoms with Gasteiger partial charge in [0.25, 0.3) is 0 Å². The Morgan fingerprint density at radius 3 is 2.68 bits per heavy atom. The SMILES string of the molecule is COC(=O)CC(NC(C)CS(C)(=O)=O)c1cccs1. The Morgan fingerprint density at radius 1 is 1.53 bits per heavy atom. The van der Waals surface area contributed by atoms with Gasteiger partial charge in [-0.25, -0.2) is 8.42 Å². The summed E-state index contributed by atoms with van der Waals surface area (Å²) in [5.74, 6) is -0.284. The van der Waals surface area contributed by atoms with Crippen LogP contribution in [-0.2, 0) is 19.4 Å². The monoisotopic (exact) mass is 305 g/mol. The topological polar surface area (TPSA) is 72.5 Å². The number of sulfone groups is 1. The third kappa shape index (κ3) is 6.17. The number of rotatable bonds is 7. The second-order valence-corrected chi connectivity index (χ2v) is 7.67. The van der Waals surface area contributed by atoms with Crippen molar-refractivity contribution in [3.8, 4) is 0 Å². The first-order valence-electron chi connectivity index (χ1n) is 5.86. The van der Waals surface area contributed by atoms with Crippen LogP contribution in [0.1, 0.15) is 24.3 Å². The highest BCUT2D eigenvalue weighted by atomic mass is 32.2. The molecular weight excluding hydrogens is 286 g/mol. The maximum atomic E-state index is 11.4. The normalized spacial score (nSPS) is 14.9. The molecule has 108 valence electrons. The Morgan fingerprint density at radius 2 is 2.21 bits per heavy atom. The Kier molecular flexibility index (Phi) is 5.96. The van der Waals surface area contributed by atoms with Crippen molar-refractivity contribution in [1.29, 1.82) is 0 Å². The van der Waals surface area contributed by atoms with Crippen LogP contribution in [0.25, 0.3) is 0 Å². The zero-order valence-electron chi connectivity index (χ0n) is 11.3. The summed E-state index contributed by atoms with van der Waals surface area (Å²) in [5, 5.41) is 5.09. The average Bonchev–Trinajstić information content (AvgIpc) is 2.78. The lowest BCUT2D eigenvalue weighted by molar-refractivity contribution is -0.141. The van der Waals surface area contributed by atoms with Gasteiger partial charge < -0.3 is 10.1 Å². The van der Waals surface area contributed by atoms with Crippen LogP contribution in [0.3, 0.4) is 0 Å². The molecule has 0 spiro atoms. The molecule has 0 aliphatic carbocycles. The third-order valence-electron chi connectivity index (χ3n) is 2.52. The summed E-state index contributed by atoms with van der Waals surface area (Å²) >= 11 is 1.52. The highest BCUT2D eigenvalue weighted by Crippen LogP contribution is 2.23. The molecule has 0 amide bonds. The van der Waals surface area contributed by atoms with E-state index in [0.717, 1.165) is 4.88 Å². The molecule has 0 saturated carbocycles. The van der Waals surface area contributed by atoms with Gasteiger partial charge in [-0.2, -0.15) is 0 Å². The Hall–Kier alpha value is -0.920. The molecule has 2 atom stereocenters. The summed E-state index contributed by atoms with van der Waals surface area (Å²) in [6.07, 6.45) is 1.39. The van der Waals surface area contributed by atoms with Crippen molar-refractivity contribution < 1.29 is 17.9 Å². The summed E-state index contributed by atoms with van der Waals surface area (Å²) in [5.41, 5.74) is 0. The fourth-order valence-corrected chi connectivity index (χ4v) is 3.62. The van der Waals surface area contributed by atoms with Gasteiger partial charge in [0, 0.05) is 17.2 Å². The number of thiophene rings is 1. The highest BCUT2D eigenvalue weighted by molar-refractivity contribution is 7.90. The fourth-order valence-electron chi connectivity index (χ4n) is 1.83. The molecule has 0 aliphatic heterocycles. The molecule has 7 heteroatoms. The van der Waals surface area contributed by atoms with E-state index in [9.17, 15) is 13.2 Å². The summed E-state index contributed by atoms with van der Waals surface area (Å²) in [6.45, 7) is 1.79. The maximum absolute atomic E-state index is 11.4. The molecule has 0 aliphatic rings. The first-order valence-corrected chi connectivity index (χ1v) is 8.80. The third-order valence-corrected chi connectivity index (χ3v) is 4.62. The smallest absolute Gasteiger partial charge is 0.307 e. The lowest BCUT2D eigenvalue weighted by atomic mass is 10.1. The van der Waals surface area contributed by atoms with E-state index in [1.54, 1.807) is 6.92 Å². The van der Waals surface area contributed by atoms with Gasteiger partial charge in [0.2, 0.25) is 0 Å². The van der Waals surface area contributed by atoms with Gasteiger partial charge in [0.15, 0.2) is 0 Å². The Labute approximate surface area is 117 Å². The van der Waals surface area contributed by atoms with Crippen LogP contribution in [0.4, 0.5) is 0 Å². The standard InChI is InChI=1S/C12H19NO4S2/c1-9(8-19(3,15)16)13-10(7-12(14)17-2)11-5-4-6-18-11/h4-6,9-10,13H,7-8H2,1-3H3. The molecular formula is C12H19NO4S2. The molecule has 0 aromatic carbocycles. The van der Waals surface area contributed by atoms with Crippen LogP contribution in [0, 0.1) is 0 Å². The number of esters is 1. The molecule has 19 heavy (non-hydrogen) atoms. The van der Waals surface area contributed by atoms with Crippen LogP contribution in [-0.4, -0.2) is 39.5 Å². The van der Waals surface area contributed by atoms with Crippen LogP contribution >= 0.6 is 11.3 Å². The lowest BCUT2D eigenvalue weighted by Crippen LogP contribution is -2.36. The lowest BCUT2D eigenvalue weighted by Gasteiger charge is -2.21. The molecule has 5 nitrogen and oxygen atoms in total. The minimum atomic E-state index is -3.05. The minimum Gasteiger partial charge on any atom is -0.469 e. The number of hydrogen-bond acceptors (Lipinski definition) is 6. The summed E-state index contributed by atoms with van der Waals surface area (Å²) in [6, 6.07) is 3.36. The van der Waals surface area contributed by atoms with E-state index < -0.39 is 9.84 Å². The summed E-state index contributed by atoms with van der Waals surface area (Å²) in [7, 11) is -1.71. The van der Waals surface area contributed by atoms with E-state index in [1.807, 2.05) is 17.5 Å². The van der Waals surface area contributed by atoms with Crippen molar-refractivity contribution >= 4 is 27.1 Å². The van der Waals surface area contributed by atoms with E-state index in [0.29, 0.717) is 0 Å². The van der Waals surface area contributed by atoms with Gasteiger partial charge >= 0.3 is 5.97 Å². The van der Waals surface area contributed by atoms with Crippen molar-refractivity contribution in [2.45, 2.75) is 25.4 Å². The molecule has 2 unspecified atom stereocenters. The van der Waals surface area contributed by atoms with Gasteiger partial charge in [-0.1, -0.05) is 6.07 Å². The van der Waals surface area contributed by atoms with Gasteiger partial charge in [-0.15, -0.1) is 11.3 Å². The molecule has 0 bridgehead atoms. The fraction of sp³-hybridized carbons (Fsp3) is 0.583. The molecule has 1 rings (SSSR count). The van der Waals surface area contributed by atoms with Gasteiger partial charge in [0.05, 0.1) is 25.3 Å².